The Kier molecular flexibility index (Phi) is 3.11. The van der Waals surface area contributed by atoms with Crippen LogP contribution < -0.4 is 4.90 Å². The normalized spacial score (nSPS) is 18.7. The van der Waals surface area contributed by atoms with Crippen LogP contribution in [-0.2, 0) is 9.84 Å². The molecule has 1 fully saturated rings. The van der Waals surface area contributed by atoms with Gasteiger partial charge in [0.15, 0.2) is 9.84 Å². The quantitative estimate of drug-likeness (QED) is 0.809. The number of anilines is 1. The molecular weight excluding hydrogens is 284 g/mol. The van der Waals surface area contributed by atoms with Crippen LogP contribution in [0.4, 0.5) is 5.69 Å². The van der Waals surface area contributed by atoms with Crippen LogP contribution in [-0.4, -0.2) is 38.0 Å². The summed E-state index contributed by atoms with van der Waals surface area (Å²) in [7, 11) is -2.87. The minimum Gasteiger partial charge on any atom is -0.369 e. The molecule has 1 saturated heterocycles. The van der Waals surface area contributed by atoms with Gasteiger partial charge in [-0.15, -0.1) is 0 Å². The minimum absolute atomic E-state index is 0.206. The first-order valence-corrected chi connectivity index (χ1v) is 8.25. The molecule has 1 aliphatic rings. The highest BCUT2D eigenvalue weighted by Gasteiger charge is 2.22. The summed E-state index contributed by atoms with van der Waals surface area (Å²) in [5.74, 6) is 0.411. The van der Waals surface area contributed by atoms with Gasteiger partial charge in [0.05, 0.1) is 17.0 Å². The summed E-state index contributed by atoms with van der Waals surface area (Å²) < 4.78 is 23.0. The lowest BCUT2D eigenvalue weighted by atomic mass is 10.1. The third kappa shape index (κ3) is 2.53. The second-order valence-corrected chi connectivity index (χ2v) is 7.37. The zero-order valence-electron chi connectivity index (χ0n) is 10.2. The highest BCUT2D eigenvalue weighted by molar-refractivity contribution is 7.91. The molecule has 1 aromatic carbocycles. The number of hydrogen-bond donors (Lipinski definition) is 0. The van der Waals surface area contributed by atoms with E-state index in [1.165, 1.54) is 0 Å². The number of nitrogens with zero attached hydrogens (tertiary/aromatic N) is 2. The Morgan fingerprint density at radius 1 is 1.16 bits per heavy atom. The number of halogens is 1. The summed E-state index contributed by atoms with van der Waals surface area (Å²) in [6, 6.07) is 7.47. The second kappa shape index (κ2) is 4.65. The molecule has 100 valence electrons. The van der Waals surface area contributed by atoms with Gasteiger partial charge >= 0.3 is 0 Å². The van der Waals surface area contributed by atoms with E-state index in [1.54, 1.807) is 12.3 Å². The molecule has 0 bridgehead atoms. The molecule has 2 aromatic rings. The molecule has 0 spiro atoms. The highest BCUT2D eigenvalue weighted by atomic mass is 35.5. The van der Waals surface area contributed by atoms with Crippen molar-refractivity contribution in [3.8, 4) is 0 Å². The zero-order valence-corrected chi connectivity index (χ0v) is 11.8. The number of pyridine rings is 1. The molecule has 1 aliphatic heterocycles. The third-order valence-electron chi connectivity index (χ3n) is 3.37. The van der Waals surface area contributed by atoms with Gasteiger partial charge in [-0.05, 0) is 24.3 Å². The number of sulfone groups is 1. The zero-order chi connectivity index (χ0) is 13.5. The maximum absolute atomic E-state index is 11.5. The average Bonchev–Trinajstić information content (AvgIpc) is 2.38. The van der Waals surface area contributed by atoms with Gasteiger partial charge in [-0.3, -0.25) is 4.98 Å². The molecule has 0 N–H and O–H groups in total. The predicted octanol–water partition coefficient (Wildman–Crippen LogP) is 2.12. The summed E-state index contributed by atoms with van der Waals surface area (Å²) in [6.07, 6.45) is 1.74. The van der Waals surface area contributed by atoms with E-state index < -0.39 is 9.84 Å². The van der Waals surface area contributed by atoms with Gasteiger partial charge in [-0.1, -0.05) is 11.6 Å². The number of rotatable bonds is 1. The Morgan fingerprint density at radius 2 is 1.89 bits per heavy atom. The molecule has 0 aliphatic carbocycles. The van der Waals surface area contributed by atoms with Crippen molar-refractivity contribution in [2.45, 2.75) is 0 Å². The molecule has 0 radical (unpaired) electrons. The first-order valence-electron chi connectivity index (χ1n) is 6.05. The smallest absolute Gasteiger partial charge is 0.153 e. The lowest BCUT2D eigenvalue weighted by Gasteiger charge is -2.29. The Balaban J connectivity index is 2.03. The first-order chi connectivity index (χ1) is 9.05. The molecule has 0 unspecified atom stereocenters. The van der Waals surface area contributed by atoms with Crippen LogP contribution in [0.3, 0.4) is 0 Å². The van der Waals surface area contributed by atoms with Gasteiger partial charge in [0, 0.05) is 35.4 Å². The summed E-state index contributed by atoms with van der Waals surface area (Å²) in [6.45, 7) is 1.04. The fourth-order valence-electron chi connectivity index (χ4n) is 2.33. The first kappa shape index (κ1) is 12.7. The van der Waals surface area contributed by atoms with Crippen molar-refractivity contribution >= 4 is 38.0 Å². The van der Waals surface area contributed by atoms with Gasteiger partial charge in [-0.2, -0.15) is 0 Å². The molecule has 6 heteroatoms. The van der Waals surface area contributed by atoms with Crippen molar-refractivity contribution in [1.29, 1.82) is 0 Å². The minimum atomic E-state index is -2.87. The lowest BCUT2D eigenvalue weighted by Crippen LogP contribution is -2.40. The van der Waals surface area contributed by atoms with Gasteiger partial charge in [0.1, 0.15) is 0 Å². The Labute approximate surface area is 116 Å². The van der Waals surface area contributed by atoms with Crippen molar-refractivity contribution in [3.05, 3.63) is 35.5 Å². The van der Waals surface area contributed by atoms with Crippen molar-refractivity contribution in [3.63, 3.8) is 0 Å². The Morgan fingerprint density at radius 3 is 2.63 bits per heavy atom. The molecule has 1 aromatic heterocycles. The average molecular weight is 297 g/mol. The van der Waals surface area contributed by atoms with Crippen molar-refractivity contribution in [1.82, 2.24) is 4.98 Å². The van der Waals surface area contributed by atoms with Gasteiger partial charge in [0.25, 0.3) is 0 Å². The molecule has 19 heavy (non-hydrogen) atoms. The van der Waals surface area contributed by atoms with Gasteiger partial charge in [-0.25, -0.2) is 8.42 Å². The third-order valence-corrected chi connectivity index (χ3v) is 5.21. The van der Waals surface area contributed by atoms with E-state index in [9.17, 15) is 8.42 Å². The van der Waals surface area contributed by atoms with E-state index in [0.29, 0.717) is 18.1 Å². The fraction of sp³-hybridized carbons (Fsp3) is 0.308. The van der Waals surface area contributed by atoms with Gasteiger partial charge < -0.3 is 4.90 Å². The monoisotopic (exact) mass is 296 g/mol. The maximum Gasteiger partial charge on any atom is 0.153 e. The Hall–Kier alpha value is -1.33. The van der Waals surface area contributed by atoms with Crippen LogP contribution in [0, 0.1) is 0 Å². The summed E-state index contributed by atoms with van der Waals surface area (Å²) in [5.41, 5.74) is 1.87. The predicted molar refractivity (Wildman–Crippen MR) is 77.6 cm³/mol. The van der Waals surface area contributed by atoms with E-state index in [4.69, 9.17) is 11.6 Å². The van der Waals surface area contributed by atoms with E-state index in [-0.39, 0.29) is 11.5 Å². The number of benzene rings is 1. The Bertz CT molecular complexity index is 717. The number of hydrogen-bond acceptors (Lipinski definition) is 4. The molecule has 0 amide bonds. The van der Waals surface area contributed by atoms with Crippen molar-refractivity contribution in [2.75, 3.05) is 29.5 Å². The molecule has 0 saturated carbocycles. The molecular formula is C13H13ClN2O2S. The summed E-state index contributed by atoms with van der Waals surface area (Å²) >= 11 is 6.03. The number of aromatic nitrogens is 1. The van der Waals surface area contributed by atoms with Crippen molar-refractivity contribution in [2.24, 2.45) is 0 Å². The number of fused-ring (bicyclic) bond motifs is 1. The summed E-state index contributed by atoms with van der Waals surface area (Å²) in [4.78, 5) is 6.39. The largest absolute Gasteiger partial charge is 0.369 e. The van der Waals surface area contributed by atoms with E-state index >= 15 is 0 Å². The van der Waals surface area contributed by atoms with Crippen LogP contribution >= 0.6 is 11.6 Å². The van der Waals surface area contributed by atoms with Gasteiger partial charge in [0.2, 0.25) is 0 Å². The van der Waals surface area contributed by atoms with Crippen LogP contribution in [0.1, 0.15) is 0 Å². The molecule has 2 heterocycles. The standard InChI is InChI=1S/C13H13ClN2O2S/c14-10-1-2-12-11(9-10)13(3-4-15-12)16-5-7-19(17,18)8-6-16/h1-4,9H,5-8H2. The van der Waals surface area contributed by atoms with E-state index in [1.807, 2.05) is 18.2 Å². The highest BCUT2D eigenvalue weighted by Crippen LogP contribution is 2.28. The fourth-order valence-corrected chi connectivity index (χ4v) is 3.71. The van der Waals surface area contributed by atoms with Crippen LogP contribution in [0.15, 0.2) is 30.5 Å². The summed E-state index contributed by atoms with van der Waals surface area (Å²) in [5, 5.41) is 1.63. The maximum atomic E-state index is 11.5. The van der Waals surface area contributed by atoms with Crippen LogP contribution in [0.25, 0.3) is 10.9 Å². The molecule has 3 rings (SSSR count). The molecule has 0 atom stereocenters. The van der Waals surface area contributed by atoms with E-state index in [0.717, 1.165) is 16.6 Å². The van der Waals surface area contributed by atoms with Crippen LogP contribution in [0.2, 0.25) is 5.02 Å². The second-order valence-electron chi connectivity index (χ2n) is 4.63. The van der Waals surface area contributed by atoms with Crippen molar-refractivity contribution < 1.29 is 8.42 Å². The SMILES string of the molecule is O=S1(=O)CCN(c2ccnc3ccc(Cl)cc23)CC1. The van der Waals surface area contributed by atoms with E-state index in [2.05, 4.69) is 9.88 Å². The topological polar surface area (TPSA) is 50.3 Å². The lowest BCUT2D eigenvalue weighted by molar-refractivity contribution is 0.587. The van der Waals surface area contributed by atoms with Crippen LogP contribution in [0.5, 0.6) is 0 Å². The molecule has 4 nitrogen and oxygen atoms in total.